The molecule has 2 fully saturated rings. The first-order valence-electron chi connectivity index (χ1n) is 7.83. The number of halogens is 1. The van der Waals surface area contributed by atoms with Gasteiger partial charge in [-0.3, -0.25) is 9.69 Å². The quantitative estimate of drug-likeness (QED) is 0.832. The molecule has 1 heterocycles. The van der Waals surface area contributed by atoms with Gasteiger partial charge in [0, 0.05) is 18.6 Å². The minimum absolute atomic E-state index is 0. The monoisotopic (exact) mass is 303 g/mol. The number of likely N-dealkylation sites (tertiary alicyclic amines) is 1. The third kappa shape index (κ3) is 4.61. The average Bonchev–Trinajstić information content (AvgIpc) is 2.73. The van der Waals surface area contributed by atoms with Crippen LogP contribution in [0.1, 0.15) is 46.0 Å². The fourth-order valence-electron chi connectivity index (χ4n) is 3.58. The van der Waals surface area contributed by atoms with Gasteiger partial charge in [0.2, 0.25) is 5.91 Å². The zero-order valence-corrected chi connectivity index (χ0v) is 13.6. The number of hydrogen-bond donors (Lipinski definition) is 2. The molecular weight excluding hydrogens is 274 g/mol. The van der Waals surface area contributed by atoms with Gasteiger partial charge in [0.1, 0.15) is 0 Å². The van der Waals surface area contributed by atoms with Crippen LogP contribution in [0.5, 0.6) is 0 Å². The number of nitrogens with one attached hydrogen (secondary N) is 1. The lowest BCUT2D eigenvalue weighted by molar-refractivity contribution is -0.123. The summed E-state index contributed by atoms with van der Waals surface area (Å²) in [4.78, 5) is 14.4. The van der Waals surface area contributed by atoms with Crippen molar-refractivity contribution < 1.29 is 4.79 Å². The van der Waals surface area contributed by atoms with E-state index in [0.29, 0.717) is 30.5 Å². The standard InChI is InChI=1S/C15H29N3O.ClH/c1-11-5-3-4-6-14(11)17-15(19)10-18-9-13(8-16)7-12(18)2;/h11-14H,3-10,16H2,1-2H3,(H,17,19);1H. The molecule has 0 aromatic rings. The van der Waals surface area contributed by atoms with Gasteiger partial charge in [0.25, 0.3) is 0 Å². The first-order valence-corrected chi connectivity index (χ1v) is 7.83. The lowest BCUT2D eigenvalue weighted by Crippen LogP contribution is -2.46. The van der Waals surface area contributed by atoms with Crippen molar-refractivity contribution in [3.05, 3.63) is 0 Å². The Morgan fingerprint density at radius 1 is 1.30 bits per heavy atom. The van der Waals surface area contributed by atoms with Crippen molar-refractivity contribution in [2.24, 2.45) is 17.6 Å². The fraction of sp³-hybridized carbons (Fsp3) is 0.933. The fourth-order valence-corrected chi connectivity index (χ4v) is 3.58. The third-order valence-electron chi connectivity index (χ3n) is 4.93. The molecule has 3 N–H and O–H groups in total. The molecule has 118 valence electrons. The highest BCUT2D eigenvalue weighted by Gasteiger charge is 2.30. The maximum Gasteiger partial charge on any atom is 0.234 e. The zero-order valence-electron chi connectivity index (χ0n) is 12.8. The van der Waals surface area contributed by atoms with Crippen LogP contribution < -0.4 is 11.1 Å². The highest BCUT2D eigenvalue weighted by molar-refractivity contribution is 5.85. The number of nitrogens with two attached hydrogens (primary N) is 1. The lowest BCUT2D eigenvalue weighted by atomic mass is 9.86. The number of rotatable bonds is 4. The van der Waals surface area contributed by atoms with Crippen LogP contribution in [0.4, 0.5) is 0 Å². The van der Waals surface area contributed by atoms with Gasteiger partial charge in [-0.2, -0.15) is 0 Å². The molecular formula is C15H30ClN3O. The van der Waals surface area contributed by atoms with Crippen molar-refractivity contribution in [3.8, 4) is 0 Å². The molecule has 1 saturated carbocycles. The summed E-state index contributed by atoms with van der Waals surface area (Å²) in [6, 6.07) is 0.882. The van der Waals surface area contributed by atoms with Crippen LogP contribution in [-0.2, 0) is 4.79 Å². The summed E-state index contributed by atoms with van der Waals surface area (Å²) in [7, 11) is 0. The van der Waals surface area contributed by atoms with Crippen molar-refractivity contribution in [3.63, 3.8) is 0 Å². The van der Waals surface area contributed by atoms with Crippen LogP contribution >= 0.6 is 12.4 Å². The summed E-state index contributed by atoms with van der Waals surface area (Å²) in [6.07, 6.45) is 6.09. The molecule has 0 radical (unpaired) electrons. The van der Waals surface area contributed by atoms with Crippen LogP contribution in [0, 0.1) is 11.8 Å². The van der Waals surface area contributed by atoms with E-state index in [9.17, 15) is 4.79 Å². The highest BCUT2D eigenvalue weighted by atomic mass is 35.5. The largest absolute Gasteiger partial charge is 0.352 e. The summed E-state index contributed by atoms with van der Waals surface area (Å²) in [5, 5.41) is 3.24. The Labute approximate surface area is 129 Å². The minimum Gasteiger partial charge on any atom is -0.352 e. The van der Waals surface area contributed by atoms with Gasteiger partial charge in [-0.15, -0.1) is 12.4 Å². The van der Waals surface area contributed by atoms with Crippen LogP contribution in [0.15, 0.2) is 0 Å². The first-order chi connectivity index (χ1) is 9.10. The van der Waals surface area contributed by atoms with Gasteiger partial charge in [0.05, 0.1) is 6.54 Å². The molecule has 0 aromatic heterocycles. The Kier molecular flexibility index (Phi) is 7.27. The Bertz CT molecular complexity index is 313. The van der Waals surface area contributed by atoms with Crippen molar-refractivity contribution >= 4 is 18.3 Å². The van der Waals surface area contributed by atoms with Gasteiger partial charge >= 0.3 is 0 Å². The van der Waals surface area contributed by atoms with E-state index in [2.05, 4.69) is 24.1 Å². The molecule has 0 aromatic carbocycles. The highest BCUT2D eigenvalue weighted by Crippen LogP contribution is 2.24. The maximum atomic E-state index is 12.2. The van der Waals surface area contributed by atoms with Crippen molar-refractivity contribution in [2.75, 3.05) is 19.6 Å². The molecule has 1 aliphatic heterocycles. The second-order valence-corrected chi connectivity index (χ2v) is 6.55. The molecule has 1 amide bonds. The van der Waals surface area contributed by atoms with E-state index in [0.717, 1.165) is 25.9 Å². The second-order valence-electron chi connectivity index (χ2n) is 6.55. The van der Waals surface area contributed by atoms with Crippen molar-refractivity contribution in [1.82, 2.24) is 10.2 Å². The van der Waals surface area contributed by atoms with Crippen LogP contribution in [0.2, 0.25) is 0 Å². The summed E-state index contributed by atoms with van der Waals surface area (Å²) in [5.41, 5.74) is 5.73. The Hall–Kier alpha value is -0.320. The van der Waals surface area contributed by atoms with Crippen LogP contribution in [0.3, 0.4) is 0 Å². The zero-order chi connectivity index (χ0) is 13.8. The molecule has 20 heavy (non-hydrogen) atoms. The van der Waals surface area contributed by atoms with Gasteiger partial charge in [-0.1, -0.05) is 19.8 Å². The molecule has 4 atom stereocenters. The molecule has 2 aliphatic rings. The predicted molar refractivity (Wildman–Crippen MR) is 85.0 cm³/mol. The molecule has 2 rings (SSSR count). The predicted octanol–water partition coefficient (Wildman–Crippen LogP) is 1.77. The number of carbonyl (C=O) groups is 1. The maximum absolute atomic E-state index is 12.2. The minimum atomic E-state index is 0. The normalized spacial score (nSPS) is 34.5. The molecule has 4 nitrogen and oxygen atoms in total. The van der Waals surface area contributed by atoms with E-state index in [-0.39, 0.29) is 18.3 Å². The first kappa shape index (κ1) is 17.7. The lowest BCUT2D eigenvalue weighted by Gasteiger charge is -2.30. The Morgan fingerprint density at radius 2 is 2.00 bits per heavy atom. The van der Waals surface area contributed by atoms with E-state index in [1.54, 1.807) is 0 Å². The summed E-state index contributed by atoms with van der Waals surface area (Å²) >= 11 is 0. The van der Waals surface area contributed by atoms with Crippen LogP contribution in [0.25, 0.3) is 0 Å². The van der Waals surface area contributed by atoms with Gasteiger partial charge in [-0.05, 0) is 44.6 Å². The average molecular weight is 304 g/mol. The summed E-state index contributed by atoms with van der Waals surface area (Å²) in [6.45, 7) is 6.72. The van der Waals surface area contributed by atoms with E-state index in [1.807, 2.05) is 0 Å². The summed E-state index contributed by atoms with van der Waals surface area (Å²) in [5.74, 6) is 1.39. The van der Waals surface area contributed by atoms with E-state index < -0.39 is 0 Å². The van der Waals surface area contributed by atoms with Gasteiger partial charge in [0.15, 0.2) is 0 Å². The summed E-state index contributed by atoms with van der Waals surface area (Å²) < 4.78 is 0. The number of carbonyl (C=O) groups excluding carboxylic acids is 1. The molecule has 1 aliphatic carbocycles. The topological polar surface area (TPSA) is 58.4 Å². The second kappa shape index (κ2) is 8.20. The molecule has 5 heteroatoms. The van der Waals surface area contributed by atoms with Crippen LogP contribution in [-0.4, -0.2) is 42.5 Å². The third-order valence-corrected chi connectivity index (χ3v) is 4.93. The molecule has 1 saturated heterocycles. The van der Waals surface area contributed by atoms with Gasteiger partial charge < -0.3 is 11.1 Å². The van der Waals surface area contributed by atoms with E-state index >= 15 is 0 Å². The number of nitrogens with zero attached hydrogens (tertiary/aromatic N) is 1. The number of amides is 1. The van der Waals surface area contributed by atoms with Crippen molar-refractivity contribution in [2.45, 2.75) is 58.0 Å². The Balaban J connectivity index is 0.00000200. The molecule has 4 unspecified atom stereocenters. The van der Waals surface area contributed by atoms with E-state index in [1.165, 1.54) is 19.3 Å². The molecule has 0 spiro atoms. The SMILES string of the molecule is CC1CCCCC1NC(=O)CN1CC(CN)CC1C.Cl. The number of hydrogen-bond acceptors (Lipinski definition) is 3. The smallest absolute Gasteiger partial charge is 0.234 e. The van der Waals surface area contributed by atoms with Gasteiger partial charge in [-0.25, -0.2) is 0 Å². The van der Waals surface area contributed by atoms with E-state index in [4.69, 9.17) is 5.73 Å². The van der Waals surface area contributed by atoms with Crippen molar-refractivity contribution in [1.29, 1.82) is 0 Å². The Morgan fingerprint density at radius 3 is 2.60 bits per heavy atom. The molecule has 0 bridgehead atoms.